The Morgan fingerprint density at radius 2 is 1.61 bits per heavy atom. The summed E-state index contributed by atoms with van der Waals surface area (Å²) in [5.41, 5.74) is 0.893. The molecule has 0 saturated carbocycles. The maximum atomic E-state index is 5.86. The molecule has 0 amide bonds. The molecule has 0 aliphatic rings. The van der Waals surface area contributed by atoms with Gasteiger partial charge in [-0.1, -0.05) is 65.8 Å². The monoisotopic (exact) mass is 368 g/mol. The minimum absolute atomic E-state index is 0.317. The summed E-state index contributed by atoms with van der Waals surface area (Å²) in [5.74, 6) is 2.87. The van der Waals surface area contributed by atoms with Crippen molar-refractivity contribution in [1.82, 2.24) is 10.1 Å². The van der Waals surface area contributed by atoms with E-state index in [0.717, 1.165) is 16.7 Å². The molecule has 5 rings (SSSR count). The first kappa shape index (κ1) is 16.3. The van der Waals surface area contributed by atoms with Crippen molar-refractivity contribution in [3.63, 3.8) is 0 Å². The minimum Gasteiger partial charge on any atom is -0.486 e. The highest BCUT2D eigenvalue weighted by Gasteiger charge is 2.14. The molecule has 0 aliphatic heterocycles. The van der Waals surface area contributed by atoms with Crippen LogP contribution in [0, 0.1) is 0 Å². The highest BCUT2D eigenvalue weighted by molar-refractivity contribution is 5.83. The summed E-state index contributed by atoms with van der Waals surface area (Å²) in [6.45, 7) is 0.317. The zero-order chi connectivity index (χ0) is 18.8. The lowest BCUT2D eigenvalue weighted by Gasteiger charge is -2.05. The summed E-state index contributed by atoms with van der Waals surface area (Å²) in [6, 6.07) is 27.5. The maximum Gasteiger partial charge on any atom is 0.293 e. The summed E-state index contributed by atoms with van der Waals surface area (Å²) in [5, 5.41) is 6.34. The van der Waals surface area contributed by atoms with Crippen LogP contribution >= 0.6 is 0 Å². The number of benzene rings is 3. The minimum atomic E-state index is 0.317. The van der Waals surface area contributed by atoms with Gasteiger partial charge in [0.05, 0.1) is 0 Å². The van der Waals surface area contributed by atoms with Crippen molar-refractivity contribution < 1.29 is 13.7 Å². The van der Waals surface area contributed by atoms with Gasteiger partial charge >= 0.3 is 0 Å². The van der Waals surface area contributed by atoms with E-state index in [9.17, 15) is 0 Å². The lowest BCUT2D eigenvalue weighted by Crippen LogP contribution is -1.93. The molecule has 136 valence electrons. The maximum absolute atomic E-state index is 5.86. The van der Waals surface area contributed by atoms with Crippen molar-refractivity contribution in [2.24, 2.45) is 0 Å². The molecule has 5 nitrogen and oxygen atoms in total. The summed E-state index contributed by atoms with van der Waals surface area (Å²) < 4.78 is 17.0. The highest BCUT2D eigenvalue weighted by atomic mass is 16.5. The van der Waals surface area contributed by atoms with E-state index in [0.29, 0.717) is 29.8 Å². The fourth-order valence-electron chi connectivity index (χ4n) is 3.01. The van der Waals surface area contributed by atoms with E-state index in [2.05, 4.69) is 22.3 Å². The third-order valence-electron chi connectivity index (χ3n) is 4.43. The van der Waals surface area contributed by atoms with Crippen LogP contribution in [0.3, 0.4) is 0 Å². The molecule has 0 unspecified atom stereocenters. The van der Waals surface area contributed by atoms with E-state index in [-0.39, 0.29) is 0 Å². The van der Waals surface area contributed by atoms with E-state index >= 15 is 0 Å². The van der Waals surface area contributed by atoms with Gasteiger partial charge in [-0.2, -0.15) is 4.98 Å². The predicted octanol–water partition coefficient (Wildman–Crippen LogP) is 5.73. The van der Waals surface area contributed by atoms with Crippen LogP contribution in [0.15, 0.2) is 93.9 Å². The van der Waals surface area contributed by atoms with Crippen LogP contribution in [-0.4, -0.2) is 10.1 Å². The normalized spacial score (nSPS) is 11.0. The number of furan rings is 1. The highest BCUT2D eigenvalue weighted by Crippen LogP contribution is 2.25. The fraction of sp³-hybridized carbons (Fsp3) is 0.0435. The van der Waals surface area contributed by atoms with Gasteiger partial charge in [0.1, 0.15) is 18.1 Å². The van der Waals surface area contributed by atoms with Crippen LogP contribution in [0.25, 0.3) is 33.8 Å². The second-order valence-electron chi connectivity index (χ2n) is 6.35. The molecule has 0 bridgehead atoms. The smallest absolute Gasteiger partial charge is 0.293 e. The van der Waals surface area contributed by atoms with Crippen molar-refractivity contribution in [3.05, 3.63) is 90.7 Å². The Bertz CT molecular complexity index is 1220. The summed E-state index contributed by atoms with van der Waals surface area (Å²) in [7, 11) is 0. The molecule has 5 aromatic rings. The van der Waals surface area contributed by atoms with Gasteiger partial charge in [0.15, 0.2) is 5.76 Å². The molecule has 0 fully saturated rings. The average Bonchev–Trinajstić information content (AvgIpc) is 3.42. The number of ether oxygens (including phenoxy) is 1. The first-order chi connectivity index (χ1) is 13.8. The second-order valence-corrected chi connectivity index (χ2v) is 6.35. The number of fused-ring (bicyclic) bond motifs is 1. The molecule has 2 heterocycles. The first-order valence-electron chi connectivity index (χ1n) is 8.95. The van der Waals surface area contributed by atoms with Crippen molar-refractivity contribution in [3.8, 4) is 28.8 Å². The van der Waals surface area contributed by atoms with Crippen LogP contribution < -0.4 is 4.74 Å². The third kappa shape index (κ3) is 3.25. The van der Waals surface area contributed by atoms with Crippen LogP contribution in [0.1, 0.15) is 5.76 Å². The Balaban J connectivity index is 1.30. The number of aromatic nitrogens is 2. The Kier molecular flexibility index (Phi) is 4.10. The molecule has 0 atom stereocenters. The number of hydrogen-bond donors (Lipinski definition) is 0. The molecule has 0 N–H and O–H groups in total. The molecular formula is C23H16N2O3. The fourth-order valence-corrected chi connectivity index (χ4v) is 3.01. The van der Waals surface area contributed by atoms with Gasteiger partial charge in [-0.15, -0.1) is 0 Å². The molecule has 5 heteroatoms. The number of rotatable bonds is 5. The zero-order valence-electron chi connectivity index (χ0n) is 14.9. The molecule has 0 radical (unpaired) electrons. The van der Waals surface area contributed by atoms with E-state index in [4.69, 9.17) is 13.7 Å². The van der Waals surface area contributed by atoms with Gasteiger partial charge in [0.25, 0.3) is 5.89 Å². The molecule has 0 spiro atoms. The summed E-state index contributed by atoms with van der Waals surface area (Å²) in [4.78, 5) is 4.40. The Morgan fingerprint density at radius 3 is 2.50 bits per heavy atom. The van der Waals surface area contributed by atoms with Crippen molar-refractivity contribution in [2.75, 3.05) is 0 Å². The van der Waals surface area contributed by atoms with Crippen molar-refractivity contribution in [1.29, 1.82) is 0 Å². The first-order valence-corrected chi connectivity index (χ1v) is 8.95. The topological polar surface area (TPSA) is 61.3 Å². The van der Waals surface area contributed by atoms with E-state index in [1.54, 1.807) is 6.07 Å². The Morgan fingerprint density at radius 1 is 0.786 bits per heavy atom. The standard InChI is InChI=1S/C23H16N2O3/c1-2-7-17(8-3-1)22-24-23(28-25-22)21-13-12-20(27-21)15-26-19-11-10-16-6-4-5-9-18(16)14-19/h1-14H,15H2. The largest absolute Gasteiger partial charge is 0.486 e. The lowest BCUT2D eigenvalue weighted by molar-refractivity contribution is 0.270. The van der Waals surface area contributed by atoms with Crippen LogP contribution in [0.5, 0.6) is 5.75 Å². The van der Waals surface area contributed by atoms with Gasteiger partial charge in [-0.3, -0.25) is 0 Å². The van der Waals surface area contributed by atoms with Crippen molar-refractivity contribution >= 4 is 10.8 Å². The van der Waals surface area contributed by atoms with Gasteiger partial charge in [0, 0.05) is 5.56 Å². The molecule has 2 aromatic heterocycles. The molecule has 0 aliphatic carbocycles. The van der Waals surface area contributed by atoms with Gasteiger partial charge in [-0.05, 0) is 35.0 Å². The molecule has 0 saturated heterocycles. The van der Waals surface area contributed by atoms with E-state index in [1.165, 1.54) is 5.39 Å². The Labute approximate surface area is 161 Å². The quantitative estimate of drug-likeness (QED) is 0.396. The van der Waals surface area contributed by atoms with Crippen LogP contribution in [0.2, 0.25) is 0 Å². The van der Waals surface area contributed by atoms with Gasteiger partial charge < -0.3 is 13.7 Å². The van der Waals surface area contributed by atoms with Gasteiger partial charge in [-0.25, -0.2) is 0 Å². The third-order valence-corrected chi connectivity index (χ3v) is 4.43. The molecular weight excluding hydrogens is 352 g/mol. The SMILES string of the molecule is c1ccc(-c2noc(-c3ccc(COc4ccc5ccccc5c4)o3)n2)cc1. The lowest BCUT2D eigenvalue weighted by atomic mass is 10.1. The van der Waals surface area contributed by atoms with Crippen LogP contribution in [0.4, 0.5) is 0 Å². The molecule has 3 aromatic carbocycles. The van der Waals surface area contributed by atoms with E-state index < -0.39 is 0 Å². The molecule has 28 heavy (non-hydrogen) atoms. The summed E-state index contributed by atoms with van der Waals surface area (Å²) >= 11 is 0. The van der Waals surface area contributed by atoms with Crippen molar-refractivity contribution in [2.45, 2.75) is 6.61 Å². The van der Waals surface area contributed by atoms with E-state index in [1.807, 2.05) is 66.7 Å². The number of hydrogen-bond acceptors (Lipinski definition) is 5. The Hall–Kier alpha value is -3.86. The number of nitrogens with zero attached hydrogens (tertiary/aromatic N) is 2. The van der Waals surface area contributed by atoms with Gasteiger partial charge in [0.2, 0.25) is 5.82 Å². The average molecular weight is 368 g/mol. The van der Waals surface area contributed by atoms with Crippen LogP contribution in [-0.2, 0) is 6.61 Å². The predicted molar refractivity (Wildman–Crippen MR) is 106 cm³/mol. The second kappa shape index (κ2) is 7.04. The summed E-state index contributed by atoms with van der Waals surface area (Å²) in [6.07, 6.45) is 0. The zero-order valence-corrected chi connectivity index (χ0v) is 14.9.